The van der Waals surface area contributed by atoms with Crippen LogP contribution in [-0.4, -0.2) is 37.6 Å². The number of rotatable bonds is 4. The van der Waals surface area contributed by atoms with E-state index in [2.05, 4.69) is 16.0 Å². The average Bonchev–Trinajstić information content (AvgIpc) is 2.85. The van der Waals surface area contributed by atoms with E-state index in [0.717, 1.165) is 37.2 Å². The van der Waals surface area contributed by atoms with Gasteiger partial charge in [-0.1, -0.05) is 6.07 Å². The summed E-state index contributed by atoms with van der Waals surface area (Å²) < 4.78 is 5.60. The zero-order chi connectivity index (χ0) is 14.7. The Morgan fingerprint density at radius 2 is 2.14 bits per heavy atom. The van der Waals surface area contributed by atoms with Crippen LogP contribution in [0.25, 0.3) is 0 Å². The van der Waals surface area contributed by atoms with E-state index < -0.39 is 0 Å². The van der Waals surface area contributed by atoms with Crippen molar-refractivity contribution in [3.8, 4) is 0 Å². The van der Waals surface area contributed by atoms with Crippen LogP contribution in [0.3, 0.4) is 0 Å². The number of hydrogen-bond acceptors (Lipinski definition) is 4. The van der Waals surface area contributed by atoms with Gasteiger partial charge in [-0.05, 0) is 43.6 Å². The van der Waals surface area contributed by atoms with Crippen LogP contribution in [0, 0.1) is 0 Å². The SMILES string of the molecule is O=C(COC1CCNCC1)Nc1ccc2c(c1)NC(=O)C2. The van der Waals surface area contributed by atoms with Gasteiger partial charge < -0.3 is 20.7 Å². The molecule has 2 amide bonds. The van der Waals surface area contributed by atoms with Gasteiger partial charge in [0, 0.05) is 11.4 Å². The molecule has 6 heteroatoms. The highest BCUT2D eigenvalue weighted by atomic mass is 16.5. The third-order valence-electron chi connectivity index (χ3n) is 3.76. The topological polar surface area (TPSA) is 79.5 Å². The molecule has 3 N–H and O–H groups in total. The van der Waals surface area contributed by atoms with Gasteiger partial charge in [-0.25, -0.2) is 0 Å². The number of amides is 2. The highest BCUT2D eigenvalue weighted by Crippen LogP contribution is 2.26. The number of piperidine rings is 1. The first kappa shape index (κ1) is 14.0. The number of nitrogens with one attached hydrogen (secondary N) is 3. The van der Waals surface area contributed by atoms with E-state index in [1.54, 1.807) is 6.07 Å². The number of hydrogen-bond donors (Lipinski definition) is 3. The number of carbonyl (C=O) groups excluding carboxylic acids is 2. The maximum atomic E-state index is 11.9. The monoisotopic (exact) mass is 289 g/mol. The van der Waals surface area contributed by atoms with Crippen molar-refractivity contribution in [2.24, 2.45) is 0 Å². The molecule has 3 rings (SSSR count). The van der Waals surface area contributed by atoms with Crippen LogP contribution in [0.4, 0.5) is 11.4 Å². The predicted octanol–water partition coefficient (Wildman–Crippen LogP) is 0.888. The van der Waals surface area contributed by atoms with Gasteiger partial charge in [-0.2, -0.15) is 0 Å². The fraction of sp³-hybridized carbons (Fsp3) is 0.467. The molecule has 2 heterocycles. The molecule has 1 fully saturated rings. The third-order valence-corrected chi connectivity index (χ3v) is 3.76. The number of fused-ring (bicyclic) bond motifs is 1. The largest absolute Gasteiger partial charge is 0.368 e. The lowest BCUT2D eigenvalue weighted by atomic mass is 10.1. The van der Waals surface area contributed by atoms with Crippen LogP contribution >= 0.6 is 0 Å². The first-order valence-electron chi connectivity index (χ1n) is 7.25. The average molecular weight is 289 g/mol. The molecule has 0 bridgehead atoms. The summed E-state index contributed by atoms with van der Waals surface area (Å²) in [5.74, 6) is -0.180. The molecule has 1 saturated heterocycles. The summed E-state index contributed by atoms with van der Waals surface area (Å²) in [6.07, 6.45) is 2.45. The Hall–Kier alpha value is -1.92. The van der Waals surface area contributed by atoms with E-state index in [-0.39, 0.29) is 24.5 Å². The van der Waals surface area contributed by atoms with Gasteiger partial charge in [0.05, 0.1) is 12.5 Å². The summed E-state index contributed by atoms with van der Waals surface area (Å²) in [4.78, 5) is 23.2. The van der Waals surface area contributed by atoms with Gasteiger partial charge in [-0.3, -0.25) is 9.59 Å². The van der Waals surface area contributed by atoms with Crippen molar-refractivity contribution < 1.29 is 14.3 Å². The van der Waals surface area contributed by atoms with Gasteiger partial charge >= 0.3 is 0 Å². The van der Waals surface area contributed by atoms with Gasteiger partial charge in [0.1, 0.15) is 6.61 Å². The van der Waals surface area contributed by atoms with Gasteiger partial charge in [0.2, 0.25) is 11.8 Å². The Bertz CT molecular complexity index is 553. The zero-order valence-corrected chi connectivity index (χ0v) is 11.8. The van der Waals surface area contributed by atoms with Crippen molar-refractivity contribution in [3.63, 3.8) is 0 Å². The second kappa shape index (κ2) is 6.24. The lowest BCUT2D eigenvalue weighted by Crippen LogP contribution is -2.34. The van der Waals surface area contributed by atoms with Crippen molar-refractivity contribution in [2.75, 3.05) is 30.3 Å². The lowest BCUT2D eigenvalue weighted by Gasteiger charge is -2.22. The second-order valence-electron chi connectivity index (χ2n) is 5.41. The van der Waals surface area contributed by atoms with Gasteiger partial charge in [0.15, 0.2) is 0 Å². The molecule has 0 saturated carbocycles. The molecule has 1 aromatic rings. The van der Waals surface area contributed by atoms with E-state index >= 15 is 0 Å². The van der Waals surface area contributed by atoms with Crippen molar-refractivity contribution in [1.82, 2.24) is 5.32 Å². The van der Waals surface area contributed by atoms with Crippen LogP contribution in [0.15, 0.2) is 18.2 Å². The van der Waals surface area contributed by atoms with Crippen LogP contribution < -0.4 is 16.0 Å². The molecule has 0 spiro atoms. The van der Waals surface area contributed by atoms with Crippen LogP contribution in [0.1, 0.15) is 18.4 Å². The molecule has 21 heavy (non-hydrogen) atoms. The fourth-order valence-corrected chi connectivity index (χ4v) is 2.64. The molecular formula is C15H19N3O3. The molecule has 1 aromatic carbocycles. The minimum Gasteiger partial charge on any atom is -0.368 e. The van der Waals surface area contributed by atoms with Crippen molar-refractivity contribution in [1.29, 1.82) is 0 Å². The van der Waals surface area contributed by atoms with Crippen molar-refractivity contribution >= 4 is 23.2 Å². The van der Waals surface area contributed by atoms with Gasteiger partial charge in [0.25, 0.3) is 0 Å². The van der Waals surface area contributed by atoms with E-state index in [9.17, 15) is 9.59 Å². The molecule has 2 aliphatic rings. The minimum atomic E-state index is -0.169. The standard InChI is InChI=1S/C15H19N3O3/c19-14-7-10-1-2-11(8-13(10)18-14)17-15(20)9-21-12-3-5-16-6-4-12/h1-2,8,12,16H,3-7,9H2,(H,17,20)(H,18,19). The van der Waals surface area contributed by atoms with Crippen molar-refractivity contribution in [3.05, 3.63) is 23.8 Å². The molecule has 0 aliphatic carbocycles. The van der Waals surface area contributed by atoms with E-state index in [4.69, 9.17) is 4.74 Å². The molecule has 2 aliphatic heterocycles. The molecule has 6 nitrogen and oxygen atoms in total. The predicted molar refractivity (Wildman–Crippen MR) is 79.2 cm³/mol. The maximum Gasteiger partial charge on any atom is 0.250 e. The maximum absolute atomic E-state index is 11.9. The summed E-state index contributed by atoms with van der Waals surface area (Å²) >= 11 is 0. The first-order valence-corrected chi connectivity index (χ1v) is 7.25. The van der Waals surface area contributed by atoms with E-state index in [1.807, 2.05) is 12.1 Å². The highest BCUT2D eigenvalue weighted by Gasteiger charge is 2.18. The quantitative estimate of drug-likeness (QED) is 0.769. The summed E-state index contributed by atoms with van der Waals surface area (Å²) in [6, 6.07) is 5.45. The summed E-state index contributed by atoms with van der Waals surface area (Å²) in [5, 5.41) is 8.82. The Labute approximate surface area is 123 Å². The number of anilines is 2. The van der Waals surface area contributed by atoms with Crippen molar-refractivity contribution in [2.45, 2.75) is 25.4 Å². The smallest absolute Gasteiger partial charge is 0.250 e. The van der Waals surface area contributed by atoms with Crippen LogP contribution in [-0.2, 0) is 20.7 Å². The van der Waals surface area contributed by atoms with E-state index in [1.165, 1.54) is 0 Å². The molecule has 112 valence electrons. The first-order chi connectivity index (χ1) is 10.2. The Morgan fingerprint density at radius 3 is 2.95 bits per heavy atom. The summed E-state index contributed by atoms with van der Waals surface area (Å²) in [7, 11) is 0. The molecule has 0 radical (unpaired) electrons. The lowest BCUT2D eigenvalue weighted by molar-refractivity contribution is -0.123. The normalized spacial score (nSPS) is 18.2. The van der Waals surface area contributed by atoms with E-state index in [0.29, 0.717) is 12.1 Å². The zero-order valence-electron chi connectivity index (χ0n) is 11.8. The Morgan fingerprint density at radius 1 is 1.33 bits per heavy atom. The number of benzene rings is 1. The summed E-state index contributed by atoms with van der Waals surface area (Å²) in [6.45, 7) is 1.95. The second-order valence-corrected chi connectivity index (χ2v) is 5.41. The molecule has 0 atom stereocenters. The molecule has 0 aromatic heterocycles. The van der Waals surface area contributed by atoms with Crippen LogP contribution in [0.5, 0.6) is 0 Å². The molecule has 0 unspecified atom stereocenters. The Kier molecular flexibility index (Phi) is 4.17. The van der Waals surface area contributed by atoms with Gasteiger partial charge in [-0.15, -0.1) is 0 Å². The number of ether oxygens (including phenoxy) is 1. The highest BCUT2D eigenvalue weighted by molar-refractivity contribution is 6.00. The number of carbonyl (C=O) groups is 2. The molecular weight excluding hydrogens is 270 g/mol. The Balaban J connectivity index is 1.50. The minimum absolute atomic E-state index is 0.0114. The van der Waals surface area contributed by atoms with Crippen LogP contribution in [0.2, 0.25) is 0 Å². The third kappa shape index (κ3) is 3.59. The summed E-state index contributed by atoms with van der Waals surface area (Å²) in [5.41, 5.74) is 2.41. The fourth-order valence-electron chi connectivity index (χ4n) is 2.64.